The van der Waals surface area contributed by atoms with Crippen LogP contribution in [0.25, 0.3) is 0 Å². The lowest BCUT2D eigenvalue weighted by molar-refractivity contribution is -0.0944. The number of rotatable bonds is 10. The molecular formula is C33H36N2O7. The van der Waals surface area contributed by atoms with E-state index >= 15 is 0 Å². The van der Waals surface area contributed by atoms with Gasteiger partial charge in [0.25, 0.3) is 5.56 Å². The van der Waals surface area contributed by atoms with Crippen LogP contribution in [-0.2, 0) is 15.1 Å². The van der Waals surface area contributed by atoms with Crippen molar-refractivity contribution in [3.8, 4) is 11.5 Å². The van der Waals surface area contributed by atoms with E-state index in [1.165, 1.54) is 10.8 Å². The first-order chi connectivity index (χ1) is 20.2. The molecule has 2 N–H and O–H groups in total. The molecule has 4 atom stereocenters. The average molecular weight is 573 g/mol. The molecule has 9 nitrogen and oxygen atoms in total. The zero-order valence-electron chi connectivity index (χ0n) is 24.2. The smallest absolute Gasteiger partial charge is 0.330 e. The zero-order chi connectivity index (χ0) is 29.9. The molecule has 5 rings (SSSR count). The molecule has 1 aliphatic rings. The van der Waals surface area contributed by atoms with E-state index < -0.39 is 35.3 Å². The molecule has 1 aliphatic heterocycles. The van der Waals surface area contributed by atoms with Crippen LogP contribution in [0.15, 0.2) is 94.6 Å². The molecule has 42 heavy (non-hydrogen) atoms. The van der Waals surface area contributed by atoms with Crippen molar-refractivity contribution in [1.29, 1.82) is 0 Å². The van der Waals surface area contributed by atoms with Gasteiger partial charge >= 0.3 is 5.69 Å². The highest BCUT2D eigenvalue weighted by atomic mass is 16.6. The number of ether oxygens (including phenoxy) is 4. The number of H-pyrrole nitrogens is 1. The van der Waals surface area contributed by atoms with Gasteiger partial charge in [-0.3, -0.25) is 14.3 Å². The van der Waals surface area contributed by atoms with Crippen LogP contribution in [0.2, 0.25) is 0 Å². The summed E-state index contributed by atoms with van der Waals surface area (Å²) in [5.41, 5.74) is 0.826. The summed E-state index contributed by atoms with van der Waals surface area (Å²) in [7, 11) is 1.62. The molecule has 0 bridgehead atoms. The van der Waals surface area contributed by atoms with Crippen molar-refractivity contribution in [1.82, 2.24) is 9.55 Å². The van der Waals surface area contributed by atoms with E-state index in [2.05, 4.69) is 4.98 Å². The molecule has 1 aromatic heterocycles. The minimum Gasteiger partial charge on any atom is -0.497 e. The van der Waals surface area contributed by atoms with Gasteiger partial charge in [0.15, 0.2) is 0 Å². The lowest BCUT2D eigenvalue weighted by atomic mass is 9.80. The van der Waals surface area contributed by atoms with Gasteiger partial charge < -0.3 is 24.1 Å². The minimum absolute atomic E-state index is 0.0138. The van der Waals surface area contributed by atoms with Crippen molar-refractivity contribution in [2.45, 2.75) is 57.3 Å². The van der Waals surface area contributed by atoms with Gasteiger partial charge in [0.2, 0.25) is 0 Å². The molecular weight excluding hydrogens is 536 g/mol. The molecule has 0 aliphatic carbocycles. The van der Waals surface area contributed by atoms with Crippen molar-refractivity contribution in [3.63, 3.8) is 0 Å². The Hall–Kier alpha value is -4.18. The van der Waals surface area contributed by atoms with Crippen LogP contribution in [0.1, 0.15) is 48.8 Å². The maximum atomic E-state index is 12.5. The lowest BCUT2D eigenvalue weighted by Gasteiger charge is -2.37. The summed E-state index contributed by atoms with van der Waals surface area (Å²) in [5.74, 6) is 1.45. The second-order valence-corrected chi connectivity index (χ2v) is 10.7. The number of hydrogen-bond donors (Lipinski definition) is 2. The molecule has 2 heterocycles. The third-order valence-electron chi connectivity index (χ3n) is 7.43. The minimum atomic E-state index is -1.09. The van der Waals surface area contributed by atoms with Crippen LogP contribution < -0.4 is 20.7 Å². The van der Waals surface area contributed by atoms with E-state index in [4.69, 9.17) is 18.9 Å². The van der Waals surface area contributed by atoms with Gasteiger partial charge in [-0.2, -0.15) is 0 Å². The first-order valence-electron chi connectivity index (χ1n) is 14.0. The Morgan fingerprint density at radius 2 is 1.55 bits per heavy atom. The quantitative estimate of drug-likeness (QED) is 0.273. The lowest BCUT2D eigenvalue weighted by Crippen LogP contribution is -2.38. The van der Waals surface area contributed by atoms with Gasteiger partial charge in [-0.1, -0.05) is 54.6 Å². The monoisotopic (exact) mass is 572 g/mol. The van der Waals surface area contributed by atoms with Crippen molar-refractivity contribution in [2.75, 3.05) is 13.7 Å². The topological polar surface area (TPSA) is 112 Å². The van der Waals surface area contributed by atoms with E-state index in [1.807, 2.05) is 92.7 Å². The average Bonchev–Trinajstić information content (AvgIpc) is 3.36. The number of aromatic nitrogens is 2. The van der Waals surface area contributed by atoms with E-state index in [9.17, 15) is 14.7 Å². The second kappa shape index (κ2) is 12.4. The Morgan fingerprint density at radius 3 is 2.14 bits per heavy atom. The fourth-order valence-electron chi connectivity index (χ4n) is 5.33. The number of methoxy groups -OCH3 is 1. The largest absolute Gasteiger partial charge is 0.497 e. The summed E-state index contributed by atoms with van der Waals surface area (Å²) >= 11 is 0. The SMILES string of the molecule is COc1ccc(C(OCC2OC(n3cc(C)c(=O)[nH]c3=O)CC2O)(c2ccccc2)c2ccc(OC(C)C)cc2)cc1. The maximum Gasteiger partial charge on any atom is 0.330 e. The van der Waals surface area contributed by atoms with Crippen molar-refractivity contribution in [2.24, 2.45) is 0 Å². The van der Waals surface area contributed by atoms with Crippen molar-refractivity contribution in [3.05, 3.63) is 128 Å². The highest BCUT2D eigenvalue weighted by Gasteiger charge is 2.42. The normalized spacial score (nSPS) is 19.9. The van der Waals surface area contributed by atoms with Gasteiger partial charge in [0.05, 0.1) is 25.9 Å². The summed E-state index contributed by atoms with van der Waals surface area (Å²) in [6.07, 6.45) is -0.744. The first-order valence-corrected chi connectivity index (χ1v) is 14.0. The van der Waals surface area contributed by atoms with Crippen LogP contribution in [0.3, 0.4) is 0 Å². The Kier molecular flexibility index (Phi) is 8.63. The fraction of sp³-hybridized carbons (Fsp3) is 0.333. The summed E-state index contributed by atoms with van der Waals surface area (Å²) in [6.45, 7) is 5.58. The Bertz CT molecular complexity index is 1600. The van der Waals surface area contributed by atoms with E-state index in [-0.39, 0.29) is 19.1 Å². The van der Waals surface area contributed by atoms with Crippen LogP contribution in [0, 0.1) is 6.92 Å². The summed E-state index contributed by atoms with van der Waals surface area (Å²) in [5, 5.41) is 11.0. The summed E-state index contributed by atoms with van der Waals surface area (Å²) in [6, 6.07) is 25.3. The number of aliphatic hydroxyl groups excluding tert-OH is 1. The number of aromatic amines is 1. The van der Waals surface area contributed by atoms with Crippen molar-refractivity contribution >= 4 is 0 Å². The van der Waals surface area contributed by atoms with Crippen LogP contribution in [0.4, 0.5) is 0 Å². The Balaban J connectivity index is 1.54. The molecule has 0 amide bonds. The maximum absolute atomic E-state index is 12.5. The zero-order valence-corrected chi connectivity index (χ0v) is 24.2. The van der Waals surface area contributed by atoms with Crippen LogP contribution in [-0.4, -0.2) is 46.7 Å². The highest BCUT2D eigenvalue weighted by Crippen LogP contribution is 2.42. The number of aryl methyl sites for hydroxylation is 1. The standard InChI is InChI=1S/C33H36N2O7/c1-21(2)41-27-16-12-25(13-17-27)33(23-8-6-5-7-9-23,24-10-14-26(39-4)15-11-24)40-20-29-28(36)18-30(42-29)35-19-22(3)31(37)34-32(35)38/h5-17,19,21,28-30,36H,18,20H2,1-4H3,(H,34,37,38). The Labute approximate surface area is 244 Å². The molecule has 9 heteroatoms. The number of aliphatic hydroxyl groups is 1. The van der Waals surface area contributed by atoms with Gasteiger partial charge in [0, 0.05) is 18.2 Å². The third kappa shape index (κ3) is 5.90. The number of benzene rings is 3. The number of hydrogen-bond acceptors (Lipinski definition) is 7. The predicted molar refractivity (Wildman–Crippen MR) is 158 cm³/mol. The number of nitrogens with zero attached hydrogens (tertiary/aromatic N) is 1. The molecule has 3 aromatic carbocycles. The van der Waals surface area contributed by atoms with E-state index in [0.29, 0.717) is 11.3 Å². The Morgan fingerprint density at radius 1 is 0.952 bits per heavy atom. The molecule has 1 fully saturated rings. The molecule has 220 valence electrons. The predicted octanol–water partition coefficient (Wildman–Crippen LogP) is 4.30. The van der Waals surface area contributed by atoms with E-state index in [1.54, 1.807) is 14.0 Å². The molecule has 4 unspecified atom stereocenters. The highest BCUT2D eigenvalue weighted by molar-refractivity contribution is 5.49. The molecule has 1 saturated heterocycles. The van der Waals surface area contributed by atoms with Gasteiger partial charge in [0.1, 0.15) is 29.4 Å². The molecule has 0 saturated carbocycles. The third-order valence-corrected chi connectivity index (χ3v) is 7.43. The first kappa shape index (κ1) is 29.3. The summed E-state index contributed by atoms with van der Waals surface area (Å²) < 4.78 is 25.7. The van der Waals surface area contributed by atoms with Crippen molar-refractivity contribution < 1.29 is 24.1 Å². The number of nitrogens with one attached hydrogen (secondary N) is 1. The van der Waals surface area contributed by atoms with E-state index in [0.717, 1.165) is 22.4 Å². The molecule has 4 aromatic rings. The van der Waals surface area contributed by atoms with Crippen LogP contribution >= 0.6 is 0 Å². The molecule has 0 spiro atoms. The van der Waals surface area contributed by atoms with Crippen LogP contribution in [0.5, 0.6) is 11.5 Å². The molecule has 0 radical (unpaired) electrons. The van der Waals surface area contributed by atoms with Gasteiger partial charge in [-0.15, -0.1) is 0 Å². The summed E-state index contributed by atoms with van der Waals surface area (Å²) in [4.78, 5) is 26.7. The second-order valence-electron chi connectivity index (χ2n) is 10.7. The van der Waals surface area contributed by atoms with Gasteiger partial charge in [-0.05, 0) is 61.7 Å². The van der Waals surface area contributed by atoms with Gasteiger partial charge in [-0.25, -0.2) is 4.79 Å². The fourth-order valence-corrected chi connectivity index (χ4v) is 5.33.